The van der Waals surface area contributed by atoms with Gasteiger partial charge in [0.15, 0.2) is 0 Å². The molecule has 1 fully saturated rings. The Morgan fingerprint density at radius 2 is 2.37 bits per heavy atom. The number of nitrogens with zero attached hydrogens (tertiary/aromatic N) is 2. The van der Waals surface area contributed by atoms with E-state index in [4.69, 9.17) is 10.00 Å². The average molecular weight is 261 g/mol. The summed E-state index contributed by atoms with van der Waals surface area (Å²) in [5, 5.41) is 23.0. The summed E-state index contributed by atoms with van der Waals surface area (Å²) in [7, 11) is 0. The maximum atomic E-state index is 10.8. The van der Waals surface area contributed by atoms with Gasteiger partial charge in [0.25, 0.3) is 5.69 Å². The van der Waals surface area contributed by atoms with Gasteiger partial charge in [0, 0.05) is 6.04 Å². The molecule has 1 aliphatic heterocycles. The van der Waals surface area contributed by atoms with Crippen LogP contribution in [0.25, 0.3) is 0 Å². The summed E-state index contributed by atoms with van der Waals surface area (Å²) in [5.74, 6) is 0.429. The third kappa shape index (κ3) is 3.42. The van der Waals surface area contributed by atoms with Crippen LogP contribution in [0, 0.1) is 21.4 Å². The van der Waals surface area contributed by atoms with Crippen LogP contribution in [0.15, 0.2) is 18.2 Å². The molecule has 0 saturated carbocycles. The van der Waals surface area contributed by atoms with E-state index in [-0.39, 0.29) is 11.3 Å². The minimum absolute atomic E-state index is 0.0492. The zero-order valence-corrected chi connectivity index (χ0v) is 10.5. The second kappa shape index (κ2) is 6.16. The molecule has 6 nitrogen and oxygen atoms in total. The maximum Gasteiger partial charge on any atom is 0.290 e. The largest absolute Gasteiger partial charge is 0.492 e. The Labute approximate surface area is 111 Å². The van der Waals surface area contributed by atoms with Gasteiger partial charge in [-0.2, -0.15) is 5.26 Å². The number of nitro groups is 1. The molecule has 0 bridgehead atoms. The molecule has 1 atom stereocenters. The maximum absolute atomic E-state index is 10.8. The summed E-state index contributed by atoms with van der Waals surface area (Å²) in [5.41, 5.74) is -0.162. The number of nitrogens with one attached hydrogen (secondary N) is 1. The number of hydrogen-bond acceptors (Lipinski definition) is 5. The smallest absolute Gasteiger partial charge is 0.290 e. The second-order valence-electron chi connectivity index (χ2n) is 4.51. The van der Waals surface area contributed by atoms with E-state index < -0.39 is 4.92 Å². The normalized spacial score (nSPS) is 18.6. The van der Waals surface area contributed by atoms with E-state index >= 15 is 0 Å². The molecule has 1 aromatic carbocycles. The molecule has 2 rings (SSSR count). The van der Waals surface area contributed by atoms with Crippen molar-refractivity contribution in [3.05, 3.63) is 33.9 Å². The van der Waals surface area contributed by atoms with Crippen LogP contribution in [0.2, 0.25) is 0 Å². The van der Waals surface area contributed by atoms with E-state index in [1.165, 1.54) is 25.0 Å². The quantitative estimate of drug-likeness (QED) is 0.661. The van der Waals surface area contributed by atoms with Crippen LogP contribution in [-0.2, 0) is 0 Å². The van der Waals surface area contributed by atoms with E-state index in [1.807, 2.05) is 0 Å². The van der Waals surface area contributed by atoms with Gasteiger partial charge in [-0.1, -0.05) is 6.42 Å². The molecule has 1 N–H and O–H groups in total. The molecule has 1 unspecified atom stereocenters. The zero-order chi connectivity index (χ0) is 13.7. The molecule has 0 aromatic heterocycles. The molecule has 0 spiro atoms. The Hall–Kier alpha value is -2.13. The first-order chi connectivity index (χ1) is 9.20. The van der Waals surface area contributed by atoms with Gasteiger partial charge in [0.2, 0.25) is 0 Å². The van der Waals surface area contributed by atoms with Crippen LogP contribution in [0.4, 0.5) is 5.69 Å². The van der Waals surface area contributed by atoms with Crippen LogP contribution in [0.5, 0.6) is 5.75 Å². The summed E-state index contributed by atoms with van der Waals surface area (Å²) in [6.45, 7) is 1.48. The van der Waals surface area contributed by atoms with Gasteiger partial charge in [-0.05, 0) is 31.5 Å². The highest BCUT2D eigenvalue weighted by Crippen LogP contribution is 2.24. The fraction of sp³-hybridized carbons (Fsp3) is 0.462. The number of ether oxygens (including phenoxy) is 1. The molecule has 1 saturated heterocycles. The average Bonchev–Trinajstić information content (AvgIpc) is 2.46. The van der Waals surface area contributed by atoms with Crippen LogP contribution in [0.3, 0.4) is 0 Å². The van der Waals surface area contributed by atoms with Crippen molar-refractivity contribution in [1.29, 1.82) is 5.26 Å². The second-order valence-corrected chi connectivity index (χ2v) is 4.51. The standard InChI is InChI=1S/C13H15N3O3/c14-8-10-4-5-12(7-13(10)16(17)18)19-9-11-3-1-2-6-15-11/h4-5,7,11,15H,1-3,6,9H2. The number of nitro benzene ring substituents is 1. The molecule has 6 heteroatoms. The van der Waals surface area contributed by atoms with Crippen LogP contribution >= 0.6 is 0 Å². The lowest BCUT2D eigenvalue weighted by Crippen LogP contribution is -2.38. The lowest BCUT2D eigenvalue weighted by Gasteiger charge is -2.23. The molecule has 0 aliphatic carbocycles. The van der Waals surface area contributed by atoms with Gasteiger partial charge in [-0.25, -0.2) is 0 Å². The van der Waals surface area contributed by atoms with E-state index in [1.54, 1.807) is 12.1 Å². The van der Waals surface area contributed by atoms with E-state index in [9.17, 15) is 10.1 Å². The highest BCUT2D eigenvalue weighted by atomic mass is 16.6. The molecule has 1 aromatic rings. The topological polar surface area (TPSA) is 88.2 Å². The van der Waals surface area contributed by atoms with Crippen molar-refractivity contribution < 1.29 is 9.66 Å². The van der Waals surface area contributed by atoms with Gasteiger partial charge in [0.1, 0.15) is 24.0 Å². The highest BCUT2D eigenvalue weighted by molar-refractivity contribution is 5.52. The Morgan fingerprint density at radius 1 is 1.53 bits per heavy atom. The number of hydrogen-bond donors (Lipinski definition) is 1. The van der Waals surface area contributed by atoms with E-state index in [0.29, 0.717) is 18.4 Å². The fourth-order valence-electron chi connectivity index (χ4n) is 2.11. The number of piperidine rings is 1. The molecule has 0 radical (unpaired) electrons. The Kier molecular flexibility index (Phi) is 4.31. The van der Waals surface area contributed by atoms with Crippen LogP contribution in [0.1, 0.15) is 24.8 Å². The first kappa shape index (κ1) is 13.3. The van der Waals surface area contributed by atoms with Crippen molar-refractivity contribution >= 4 is 5.69 Å². The summed E-state index contributed by atoms with van der Waals surface area (Å²) < 4.78 is 5.56. The zero-order valence-electron chi connectivity index (χ0n) is 10.5. The van der Waals surface area contributed by atoms with E-state index in [2.05, 4.69) is 5.32 Å². The minimum atomic E-state index is -0.565. The van der Waals surface area contributed by atoms with Crippen LogP contribution in [-0.4, -0.2) is 24.1 Å². The molecule has 0 amide bonds. The first-order valence-electron chi connectivity index (χ1n) is 6.25. The van der Waals surface area contributed by atoms with Gasteiger partial charge in [0.05, 0.1) is 11.0 Å². The minimum Gasteiger partial charge on any atom is -0.492 e. The SMILES string of the molecule is N#Cc1ccc(OCC2CCCCN2)cc1[N+](=O)[O-]. The molecular formula is C13H15N3O3. The molecule has 1 aliphatic rings. The van der Waals surface area contributed by atoms with Gasteiger partial charge >= 0.3 is 0 Å². The number of benzene rings is 1. The van der Waals surface area contributed by atoms with Crippen molar-refractivity contribution in [1.82, 2.24) is 5.32 Å². The van der Waals surface area contributed by atoms with Gasteiger partial charge < -0.3 is 10.1 Å². The summed E-state index contributed by atoms with van der Waals surface area (Å²) >= 11 is 0. The Balaban J connectivity index is 2.02. The van der Waals surface area contributed by atoms with Crippen molar-refractivity contribution in [3.63, 3.8) is 0 Å². The lowest BCUT2D eigenvalue weighted by atomic mass is 10.1. The van der Waals surface area contributed by atoms with Crippen molar-refractivity contribution in [2.24, 2.45) is 0 Å². The van der Waals surface area contributed by atoms with Crippen LogP contribution < -0.4 is 10.1 Å². The van der Waals surface area contributed by atoms with Crippen molar-refractivity contribution in [2.45, 2.75) is 25.3 Å². The predicted octanol–water partition coefficient (Wildman–Crippen LogP) is 1.99. The van der Waals surface area contributed by atoms with Crippen molar-refractivity contribution in [2.75, 3.05) is 13.2 Å². The first-order valence-corrected chi connectivity index (χ1v) is 6.25. The van der Waals surface area contributed by atoms with E-state index in [0.717, 1.165) is 13.0 Å². The monoisotopic (exact) mass is 261 g/mol. The Bertz CT molecular complexity index is 504. The van der Waals surface area contributed by atoms with Gasteiger partial charge in [-0.3, -0.25) is 10.1 Å². The fourth-order valence-corrected chi connectivity index (χ4v) is 2.11. The number of rotatable bonds is 4. The summed E-state index contributed by atoms with van der Waals surface area (Å²) in [6.07, 6.45) is 3.41. The molecular weight excluding hydrogens is 246 g/mol. The molecule has 100 valence electrons. The third-order valence-electron chi connectivity index (χ3n) is 3.15. The number of nitriles is 1. The highest BCUT2D eigenvalue weighted by Gasteiger charge is 2.17. The lowest BCUT2D eigenvalue weighted by molar-refractivity contribution is -0.385. The van der Waals surface area contributed by atoms with Gasteiger partial charge in [-0.15, -0.1) is 0 Å². The third-order valence-corrected chi connectivity index (χ3v) is 3.15. The molecule has 1 heterocycles. The summed E-state index contributed by atoms with van der Waals surface area (Å²) in [4.78, 5) is 10.3. The predicted molar refractivity (Wildman–Crippen MR) is 68.9 cm³/mol. The summed E-state index contributed by atoms with van der Waals surface area (Å²) in [6, 6.07) is 6.41. The van der Waals surface area contributed by atoms with Crippen molar-refractivity contribution in [3.8, 4) is 11.8 Å². The Morgan fingerprint density at radius 3 is 3.00 bits per heavy atom. The molecule has 19 heavy (non-hydrogen) atoms.